The summed E-state index contributed by atoms with van der Waals surface area (Å²) in [7, 11) is 0. The van der Waals surface area contributed by atoms with Crippen LogP contribution >= 0.6 is 11.3 Å². The zero-order chi connectivity index (χ0) is 23.8. The number of carbonyl (C=O) groups is 2. The number of hydrogen-bond donors (Lipinski definition) is 2. The van der Waals surface area contributed by atoms with Gasteiger partial charge in [-0.1, -0.05) is 73.6 Å². The van der Waals surface area contributed by atoms with Crippen molar-refractivity contribution in [3.8, 4) is 0 Å². The van der Waals surface area contributed by atoms with Gasteiger partial charge in [0.1, 0.15) is 4.88 Å². The Labute approximate surface area is 194 Å². The van der Waals surface area contributed by atoms with E-state index in [1.807, 2.05) is 12.1 Å². The Hall–Kier alpha value is -3.20. The third-order valence-electron chi connectivity index (χ3n) is 4.90. The molecule has 0 unspecified atom stereocenters. The van der Waals surface area contributed by atoms with E-state index in [0.717, 1.165) is 36.8 Å². The van der Waals surface area contributed by atoms with Gasteiger partial charge in [-0.05, 0) is 36.1 Å². The topological polar surface area (TPSA) is 71.1 Å². The summed E-state index contributed by atoms with van der Waals surface area (Å²) in [5.74, 6) is -1.49. The highest BCUT2D eigenvalue weighted by Gasteiger charge is 2.39. The molecule has 3 aromatic rings. The average Bonchev–Trinajstić information content (AvgIpc) is 3.23. The second kappa shape index (κ2) is 11.1. The van der Waals surface area contributed by atoms with Crippen molar-refractivity contribution in [3.63, 3.8) is 0 Å². The third-order valence-corrected chi connectivity index (χ3v) is 5.87. The Morgan fingerprint density at radius 1 is 0.939 bits per heavy atom. The number of rotatable bonds is 9. The van der Waals surface area contributed by atoms with Gasteiger partial charge in [-0.3, -0.25) is 14.9 Å². The number of amides is 2. The van der Waals surface area contributed by atoms with Gasteiger partial charge in [-0.15, -0.1) is 0 Å². The average molecular weight is 476 g/mol. The lowest BCUT2D eigenvalue weighted by atomic mass is 10.1. The first kappa shape index (κ1) is 24.4. The first-order valence-electron chi connectivity index (χ1n) is 10.6. The van der Waals surface area contributed by atoms with Crippen LogP contribution in [0.15, 0.2) is 54.6 Å². The summed E-state index contributed by atoms with van der Waals surface area (Å²) < 4.78 is 40.4. The van der Waals surface area contributed by atoms with E-state index in [1.54, 1.807) is 42.5 Å². The van der Waals surface area contributed by atoms with Crippen molar-refractivity contribution in [1.82, 2.24) is 10.3 Å². The van der Waals surface area contributed by atoms with Gasteiger partial charge in [0, 0.05) is 12.1 Å². The van der Waals surface area contributed by atoms with Crippen LogP contribution in [0.5, 0.6) is 0 Å². The molecule has 0 aliphatic rings. The molecule has 1 heterocycles. The van der Waals surface area contributed by atoms with E-state index >= 15 is 0 Å². The van der Waals surface area contributed by atoms with Crippen LogP contribution in [-0.2, 0) is 19.1 Å². The minimum absolute atomic E-state index is 0.0706. The Kier molecular flexibility index (Phi) is 8.21. The SMILES string of the molecule is CCCCCc1ccc(C(=O)Nc2nc(C(F)(F)F)c(C(=O)NCc3ccccc3)s2)cc1. The van der Waals surface area contributed by atoms with Crippen molar-refractivity contribution < 1.29 is 22.8 Å². The standard InChI is InChI=1S/C24H24F3N3O2S/c1-2-3-5-8-16-11-13-18(14-12-16)21(31)30-23-29-20(24(25,26)27)19(33-23)22(32)28-15-17-9-6-4-7-10-17/h4,6-7,9-14H,2-3,5,8,15H2,1H3,(H,28,32)(H,29,30,31). The summed E-state index contributed by atoms with van der Waals surface area (Å²) in [5.41, 5.74) is 0.814. The van der Waals surface area contributed by atoms with Crippen LogP contribution < -0.4 is 10.6 Å². The number of benzene rings is 2. The van der Waals surface area contributed by atoms with Crippen LogP contribution in [0.25, 0.3) is 0 Å². The van der Waals surface area contributed by atoms with E-state index in [1.165, 1.54) is 0 Å². The lowest BCUT2D eigenvalue weighted by molar-refractivity contribution is -0.141. The van der Waals surface area contributed by atoms with E-state index in [4.69, 9.17) is 0 Å². The smallest absolute Gasteiger partial charge is 0.347 e. The van der Waals surface area contributed by atoms with Crippen molar-refractivity contribution in [2.75, 3.05) is 5.32 Å². The van der Waals surface area contributed by atoms with Crippen LogP contribution in [0, 0.1) is 0 Å². The first-order valence-corrected chi connectivity index (χ1v) is 11.4. The molecule has 33 heavy (non-hydrogen) atoms. The van der Waals surface area contributed by atoms with Crippen molar-refractivity contribution in [2.24, 2.45) is 0 Å². The van der Waals surface area contributed by atoms with Crippen molar-refractivity contribution in [2.45, 2.75) is 45.3 Å². The fourth-order valence-electron chi connectivity index (χ4n) is 3.15. The molecule has 0 atom stereocenters. The fraction of sp³-hybridized carbons (Fsp3) is 0.292. The van der Waals surface area contributed by atoms with Gasteiger partial charge in [-0.25, -0.2) is 4.98 Å². The van der Waals surface area contributed by atoms with Crippen molar-refractivity contribution in [1.29, 1.82) is 0 Å². The van der Waals surface area contributed by atoms with Gasteiger partial charge in [0.05, 0.1) is 0 Å². The fourth-order valence-corrected chi connectivity index (χ4v) is 4.05. The van der Waals surface area contributed by atoms with Crippen LogP contribution in [0.1, 0.15) is 63.0 Å². The van der Waals surface area contributed by atoms with E-state index in [0.29, 0.717) is 16.9 Å². The second-order valence-corrected chi connectivity index (χ2v) is 8.47. The van der Waals surface area contributed by atoms with Gasteiger partial charge >= 0.3 is 6.18 Å². The highest BCUT2D eigenvalue weighted by atomic mass is 32.1. The molecule has 2 N–H and O–H groups in total. The molecular formula is C24H24F3N3O2S. The van der Waals surface area contributed by atoms with Crippen molar-refractivity contribution >= 4 is 28.3 Å². The van der Waals surface area contributed by atoms with Gasteiger partial charge in [-0.2, -0.15) is 13.2 Å². The number of aromatic nitrogens is 1. The molecule has 3 rings (SSSR count). The molecule has 0 bridgehead atoms. The molecule has 5 nitrogen and oxygen atoms in total. The molecule has 0 aliphatic carbocycles. The van der Waals surface area contributed by atoms with Crippen LogP contribution in [0.3, 0.4) is 0 Å². The number of halogens is 3. The normalized spacial score (nSPS) is 11.3. The predicted molar refractivity (Wildman–Crippen MR) is 122 cm³/mol. The van der Waals surface area contributed by atoms with E-state index in [-0.39, 0.29) is 11.7 Å². The first-order chi connectivity index (χ1) is 15.8. The Bertz CT molecular complexity index is 1080. The maximum atomic E-state index is 13.5. The molecule has 2 aromatic carbocycles. The summed E-state index contributed by atoms with van der Waals surface area (Å²) >= 11 is 0.494. The number of thiazole rings is 1. The molecule has 0 radical (unpaired) electrons. The molecule has 9 heteroatoms. The van der Waals surface area contributed by atoms with Gasteiger partial charge in [0.25, 0.3) is 11.8 Å². The summed E-state index contributed by atoms with van der Waals surface area (Å²) in [5, 5.41) is 4.56. The van der Waals surface area contributed by atoms with Crippen molar-refractivity contribution in [3.05, 3.63) is 81.9 Å². The molecule has 0 aliphatic heterocycles. The van der Waals surface area contributed by atoms with Gasteiger partial charge < -0.3 is 5.32 Å². The maximum absolute atomic E-state index is 13.5. The van der Waals surface area contributed by atoms with Gasteiger partial charge in [0.15, 0.2) is 10.8 Å². The number of hydrogen-bond acceptors (Lipinski definition) is 4. The Balaban J connectivity index is 1.71. The van der Waals surface area contributed by atoms with Crippen LogP contribution in [0.4, 0.5) is 18.3 Å². The maximum Gasteiger partial charge on any atom is 0.435 e. The highest BCUT2D eigenvalue weighted by Crippen LogP contribution is 2.36. The predicted octanol–water partition coefficient (Wildman–Crippen LogP) is 6.08. The summed E-state index contributed by atoms with van der Waals surface area (Å²) in [6.07, 6.45) is -0.649. The number of unbranched alkanes of at least 4 members (excludes halogenated alkanes) is 2. The summed E-state index contributed by atoms with van der Waals surface area (Å²) in [6.45, 7) is 2.19. The zero-order valence-electron chi connectivity index (χ0n) is 18.0. The van der Waals surface area contributed by atoms with E-state index < -0.39 is 28.6 Å². The second-order valence-electron chi connectivity index (χ2n) is 7.47. The minimum Gasteiger partial charge on any atom is -0.347 e. The quantitative estimate of drug-likeness (QED) is 0.369. The number of anilines is 1. The molecule has 2 amide bonds. The Morgan fingerprint density at radius 2 is 1.64 bits per heavy atom. The van der Waals surface area contributed by atoms with Crippen LogP contribution in [0.2, 0.25) is 0 Å². The number of nitrogens with zero attached hydrogens (tertiary/aromatic N) is 1. The number of carbonyl (C=O) groups excluding carboxylic acids is 2. The molecule has 0 saturated heterocycles. The van der Waals surface area contributed by atoms with E-state index in [9.17, 15) is 22.8 Å². The zero-order valence-corrected chi connectivity index (χ0v) is 18.9. The van der Waals surface area contributed by atoms with E-state index in [2.05, 4.69) is 22.5 Å². The highest BCUT2D eigenvalue weighted by molar-refractivity contribution is 7.17. The lowest BCUT2D eigenvalue weighted by Gasteiger charge is -2.07. The molecular weight excluding hydrogens is 451 g/mol. The molecule has 1 aromatic heterocycles. The summed E-state index contributed by atoms with van der Waals surface area (Å²) in [6, 6.07) is 15.7. The largest absolute Gasteiger partial charge is 0.435 e. The van der Waals surface area contributed by atoms with Gasteiger partial charge in [0.2, 0.25) is 0 Å². The molecule has 0 spiro atoms. The number of nitrogens with one attached hydrogen (secondary N) is 2. The monoisotopic (exact) mass is 475 g/mol. The minimum atomic E-state index is -4.83. The molecule has 0 saturated carbocycles. The number of alkyl halides is 3. The lowest BCUT2D eigenvalue weighted by Crippen LogP contribution is -2.24. The van der Waals surface area contributed by atoms with Crippen LogP contribution in [-0.4, -0.2) is 16.8 Å². The Morgan fingerprint density at radius 3 is 2.27 bits per heavy atom. The summed E-state index contributed by atoms with van der Waals surface area (Å²) in [4.78, 5) is 27.9. The third kappa shape index (κ3) is 6.89. The molecule has 0 fully saturated rings. The number of aryl methyl sites for hydroxylation is 1. The molecule has 174 valence electrons.